The maximum atomic E-state index is 11.6. The van der Waals surface area contributed by atoms with Crippen LogP contribution in [0.3, 0.4) is 0 Å². The van der Waals surface area contributed by atoms with E-state index >= 15 is 0 Å². The fraction of sp³-hybridized carbons (Fsp3) is 0.440. The van der Waals surface area contributed by atoms with Crippen molar-refractivity contribution in [2.24, 2.45) is 0 Å². The van der Waals surface area contributed by atoms with Gasteiger partial charge >= 0.3 is 0 Å². The number of amides is 1. The van der Waals surface area contributed by atoms with Crippen LogP contribution in [0.15, 0.2) is 30.5 Å². The van der Waals surface area contributed by atoms with Crippen LogP contribution in [0.1, 0.15) is 67.8 Å². The van der Waals surface area contributed by atoms with Gasteiger partial charge in [-0.2, -0.15) is 0 Å². The van der Waals surface area contributed by atoms with Crippen molar-refractivity contribution in [2.45, 2.75) is 59.3 Å². The van der Waals surface area contributed by atoms with Crippen molar-refractivity contribution in [3.63, 3.8) is 0 Å². The van der Waals surface area contributed by atoms with Gasteiger partial charge in [0.15, 0.2) is 0 Å². The Morgan fingerprint density at radius 3 is 2.55 bits per heavy atom. The van der Waals surface area contributed by atoms with Gasteiger partial charge in [-0.15, -0.1) is 0 Å². The van der Waals surface area contributed by atoms with Gasteiger partial charge in [0.25, 0.3) is 0 Å². The van der Waals surface area contributed by atoms with Crippen LogP contribution in [0, 0.1) is 13.8 Å². The number of pyridine rings is 1. The number of H-pyrrole nitrogens is 1. The van der Waals surface area contributed by atoms with Crippen LogP contribution in [0.4, 0.5) is 0 Å². The number of benzene rings is 1. The molecule has 2 aromatic heterocycles. The predicted octanol–water partition coefficient (Wildman–Crippen LogP) is 5.70. The normalized spacial score (nSPS) is 15.4. The number of aromatic nitrogens is 2. The second-order valence-corrected chi connectivity index (χ2v) is 8.79. The molecule has 0 saturated carbocycles. The van der Waals surface area contributed by atoms with E-state index in [0.29, 0.717) is 11.8 Å². The van der Waals surface area contributed by atoms with Gasteiger partial charge in [-0.25, -0.2) is 0 Å². The fourth-order valence-electron chi connectivity index (χ4n) is 4.72. The van der Waals surface area contributed by atoms with Gasteiger partial charge in [-0.3, -0.25) is 9.78 Å². The second-order valence-electron chi connectivity index (χ2n) is 8.79. The molecule has 0 aliphatic carbocycles. The monoisotopic (exact) mass is 389 g/mol. The van der Waals surface area contributed by atoms with Gasteiger partial charge in [-0.1, -0.05) is 19.9 Å². The summed E-state index contributed by atoms with van der Waals surface area (Å²) in [6.45, 7) is 12.1. The maximum absolute atomic E-state index is 11.6. The van der Waals surface area contributed by atoms with Crippen molar-refractivity contribution in [2.75, 3.05) is 13.1 Å². The van der Waals surface area contributed by atoms with Crippen LogP contribution in [-0.4, -0.2) is 33.9 Å². The Balaban J connectivity index is 1.76. The number of rotatable bonds is 3. The SMILES string of the molecule is CC(=O)N1CCC(c2ccc3[nH]c(-c4cc(C)ncc4C)c(C(C)C)c3c2)CC1. The number of likely N-dealkylation sites (tertiary alicyclic amines) is 1. The summed E-state index contributed by atoms with van der Waals surface area (Å²) in [7, 11) is 0. The molecule has 4 nitrogen and oxygen atoms in total. The van der Waals surface area contributed by atoms with Crippen LogP contribution in [0.25, 0.3) is 22.2 Å². The smallest absolute Gasteiger partial charge is 0.219 e. The summed E-state index contributed by atoms with van der Waals surface area (Å²) in [6, 6.07) is 9.08. The average Bonchev–Trinajstić information content (AvgIpc) is 3.08. The van der Waals surface area contributed by atoms with Crippen molar-refractivity contribution < 1.29 is 4.79 Å². The van der Waals surface area contributed by atoms with E-state index in [1.54, 1.807) is 6.92 Å². The van der Waals surface area contributed by atoms with Crippen LogP contribution in [-0.2, 0) is 4.79 Å². The number of nitrogens with one attached hydrogen (secondary N) is 1. The van der Waals surface area contributed by atoms with E-state index < -0.39 is 0 Å². The Morgan fingerprint density at radius 2 is 1.90 bits per heavy atom. The Labute approximate surface area is 173 Å². The largest absolute Gasteiger partial charge is 0.354 e. The van der Waals surface area contributed by atoms with Crippen LogP contribution in [0.2, 0.25) is 0 Å². The first-order valence-corrected chi connectivity index (χ1v) is 10.7. The standard InChI is InChI=1S/C25H31N3O/c1-15(2)24-22-13-20(19-8-10-28(11-9-19)18(5)29)6-7-23(22)27-25(24)21-12-17(4)26-14-16(21)3/h6-7,12-15,19,27H,8-11H2,1-5H3. The number of piperidine rings is 1. The Hall–Kier alpha value is -2.62. The highest BCUT2D eigenvalue weighted by molar-refractivity contribution is 5.92. The molecule has 1 fully saturated rings. The number of carbonyl (C=O) groups excluding carboxylic acids is 1. The van der Waals surface area contributed by atoms with Crippen molar-refractivity contribution in [3.05, 3.63) is 52.8 Å². The molecule has 1 saturated heterocycles. The van der Waals surface area contributed by atoms with Crippen LogP contribution >= 0.6 is 0 Å². The fourth-order valence-corrected chi connectivity index (χ4v) is 4.72. The third-order valence-electron chi connectivity index (χ3n) is 6.36. The zero-order valence-corrected chi connectivity index (χ0v) is 18.2. The zero-order valence-electron chi connectivity index (χ0n) is 18.2. The lowest BCUT2D eigenvalue weighted by Gasteiger charge is -2.31. The summed E-state index contributed by atoms with van der Waals surface area (Å²) in [5.41, 5.74) is 8.68. The highest BCUT2D eigenvalue weighted by atomic mass is 16.2. The van der Waals surface area contributed by atoms with Gasteiger partial charge in [-0.05, 0) is 73.4 Å². The molecule has 152 valence electrons. The predicted molar refractivity (Wildman–Crippen MR) is 119 cm³/mol. The van der Waals surface area contributed by atoms with Gasteiger partial charge < -0.3 is 9.88 Å². The molecule has 3 heterocycles. The van der Waals surface area contributed by atoms with Gasteiger partial charge in [0.2, 0.25) is 5.91 Å². The molecule has 0 bridgehead atoms. The lowest BCUT2D eigenvalue weighted by Crippen LogP contribution is -2.36. The van der Waals surface area contributed by atoms with Crippen LogP contribution in [0.5, 0.6) is 0 Å². The average molecular weight is 390 g/mol. The van der Waals surface area contributed by atoms with Gasteiger partial charge in [0.05, 0.1) is 5.69 Å². The highest BCUT2D eigenvalue weighted by Gasteiger charge is 2.24. The number of hydrogen-bond donors (Lipinski definition) is 1. The van der Waals surface area contributed by atoms with Crippen molar-refractivity contribution >= 4 is 16.8 Å². The zero-order chi connectivity index (χ0) is 20.7. The summed E-state index contributed by atoms with van der Waals surface area (Å²) in [5, 5.41) is 1.33. The number of hydrogen-bond acceptors (Lipinski definition) is 2. The van der Waals surface area contributed by atoms with E-state index in [2.05, 4.69) is 55.0 Å². The summed E-state index contributed by atoms with van der Waals surface area (Å²) in [6.07, 6.45) is 4.05. The summed E-state index contributed by atoms with van der Waals surface area (Å²) in [5.74, 6) is 1.14. The van der Waals surface area contributed by atoms with Crippen LogP contribution < -0.4 is 0 Å². The molecular formula is C25H31N3O. The molecule has 4 rings (SSSR count). The topological polar surface area (TPSA) is 49.0 Å². The summed E-state index contributed by atoms with van der Waals surface area (Å²) < 4.78 is 0. The molecule has 1 N–H and O–H groups in total. The molecule has 0 unspecified atom stereocenters. The Kier molecular flexibility index (Phi) is 5.20. The first-order chi connectivity index (χ1) is 13.8. The van der Waals surface area contributed by atoms with E-state index in [4.69, 9.17) is 0 Å². The third kappa shape index (κ3) is 3.68. The van der Waals surface area contributed by atoms with E-state index in [0.717, 1.165) is 31.6 Å². The molecule has 29 heavy (non-hydrogen) atoms. The molecule has 4 heteroatoms. The second kappa shape index (κ2) is 7.66. The molecule has 0 radical (unpaired) electrons. The molecule has 0 atom stereocenters. The minimum absolute atomic E-state index is 0.194. The lowest BCUT2D eigenvalue weighted by molar-refractivity contribution is -0.129. The first-order valence-electron chi connectivity index (χ1n) is 10.7. The minimum Gasteiger partial charge on any atom is -0.354 e. The Morgan fingerprint density at radius 1 is 1.17 bits per heavy atom. The number of aryl methyl sites for hydroxylation is 2. The molecule has 3 aromatic rings. The molecule has 1 aromatic carbocycles. The lowest BCUT2D eigenvalue weighted by atomic mass is 9.87. The highest BCUT2D eigenvalue weighted by Crippen LogP contribution is 2.39. The molecule has 1 aliphatic rings. The molecule has 1 amide bonds. The van der Waals surface area contributed by atoms with E-state index in [9.17, 15) is 4.79 Å². The molecule has 0 spiro atoms. The first kappa shape index (κ1) is 19.7. The minimum atomic E-state index is 0.194. The van der Waals surface area contributed by atoms with Crippen molar-refractivity contribution in [1.82, 2.24) is 14.9 Å². The molecular weight excluding hydrogens is 358 g/mol. The van der Waals surface area contributed by atoms with Gasteiger partial charge in [0.1, 0.15) is 0 Å². The van der Waals surface area contributed by atoms with Gasteiger partial charge in [0, 0.05) is 48.4 Å². The summed E-state index contributed by atoms with van der Waals surface area (Å²) in [4.78, 5) is 21.8. The number of carbonyl (C=O) groups is 1. The van der Waals surface area contributed by atoms with E-state index in [1.165, 1.54) is 38.9 Å². The van der Waals surface area contributed by atoms with Crippen molar-refractivity contribution in [3.8, 4) is 11.3 Å². The number of aromatic amines is 1. The Bertz CT molecular complexity index is 1060. The maximum Gasteiger partial charge on any atom is 0.219 e. The summed E-state index contributed by atoms with van der Waals surface area (Å²) >= 11 is 0. The quantitative estimate of drug-likeness (QED) is 0.625. The van der Waals surface area contributed by atoms with Crippen molar-refractivity contribution in [1.29, 1.82) is 0 Å². The van der Waals surface area contributed by atoms with E-state index in [-0.39, 0.29) is 5.91 Å². The molecule has 1 aliphatic heterocycles. The van der Waals surface area contributed by atoms with E-state index in [1.807, 2.05) is 18.0 Å². The number of fused-ring (bicyclic) bond motifs is 1. The number of nitrogens with zero attached hydrogens (tertiary/aromatic N) is 2. The third-order valence-corrected chi connectivity index (χ3v) is 6.36.